The molecule has 0 bridgehead atoms. The number of esters is 2. The average Bonchev–Trinajstić information content (AvgIpc) is 2.63. The van der Waals surface area contributed by atoms with Gasteiger partial charge in [0.2, 0.25) is 0 Å². The molecule has 0 radical (unpaired) electrons. The molecule has 0 unspecified atom stereocenters. The van der Waals surface area contributed by atoms with Crippen molar-refractivity contribution >= 4 is 11.9 Å². The largest absolute Gasteiger partial charge is 0.462 e. The maximum Gasteiger partial charge on any atom is 0.306 e. The van der Waals surface area contributed by atoms with Crippen LogP contribution in [-0.4, -0.2) is 31.3 Å². The standard InChI is InChI=1S/C24H38O5/c1-17(2)12-23(25)28-16-21(15-27-14-20-10-8-7-9-11-20)29-24(26)13-22(18(3)4)19(5)6/h7-11,17-19,21-22H,12-16H2,1-6H3/t21-/m0/s1. The molecule has 1 aromatic carbocycles. The summed E-state index contributed by atoms with van der Waals surface area (Å²) in [6.45, 7) is 13.0. The second-order valence-electron chi connectivity index (χ2n) is 8.75. The van der Waals surface area contributed by atoms with Gasteiger partial charge in [-0.1, -0.05) is 71.9 Å². The van der Waals surface area contributed by atoms with E-state index in [1.54, 1.807) is 0 Å². The molecule has 0 heterocycles. The Balaban J connectivity index is 2.62. The molecule has 5 nitrogen and oxygen atoms in total. The summed E-state index contributed by atoms with van der Waals surface area (Å²) in [4.78, 5) is 24.4. The molecule has 0 aliphatic carbocycles. The molecule has 0 fully saturated rings. The van der Waals surface area contributed by atoms with Crippen molar-refractivity contribution in [1.82, 2.24) is 0 Å². The number of ether oxygens (including phenoxy) is 3. The molecule has 0 aromatic heterocycles. The topological polar surface area (TPSA) is 61.8 Å². The van der Waals surface area contributed by atoms with Gasteiger partial charge >= 0.3 is 11.9 Å². The van der Waals surface area contributed by atoms with Crippen LogP contribution in [0.2, 0.25) is 0 Å². The fourth-order valence-electron chi connectivity index (χ4n) is 3.24. The predicted octanol–water partition coefficient (Wildman–Crippen LogP) is 5.02. The van der Waals surface area contributed by atoms with Gasteiger partial charge in [0.05, 0.1) is 13.2 Å². The highest BCUT2D eigenvalue weighted by molar-refractivity contribution is 5.70. The molecule has 0 spiro atoms. The maximum atomic E-state index is 12.5. The predicted molar refractivity (Wildman–Crippen MR) is 114 cm³/mol. The number of carbonyl (C=O) groups excluding carboxylic acids is 2. The SMILES string of the molecule is CC(C)CC(=O)OC[C@H](COCc1ccccc1)OC(=O)CC(C(C)C)C(C)C. The summed E-state index contributed by atoms with van der Waals surface area (Å²) in [5, 5.41) is 0. The van der Waals surface area contributed by atoms with Gasteiger partial charge < -0.3 is 14.2 Å². The lowest BCUT2D eigenvalue weighted by Crippen LogP contribution is -2.31. The van der Waals surface area contributed by atoms with E-state index in [1.165, 1.54) is 0 Å². The molecule has 164 valence electrons. The van der Waals surface area contributed by atoms with E-state index < -0.39 is 6.10 Å². The molecular weight excluding hydrogens is 368 g/mol. The van der Waals surface area contributed by atoms with Crippen LogP contribution in [-0.2, 0) is 30.4 Å². The third-order valence-corrected chi connectivity index (χ3v) is 4.83. The lowest BCUT2D eigenvalue weighted by molar-refractivity contribution is -0.164. The van der Waals surface area contributed by atoms with Crippen molar-refractivity contribution in [3.63, 3.8) is 0 Å². The Hall–Kier alpha value is -1.88. The van der Waals surface area contributed by atoms with Crippen LogP contribution in [0.5, 0.6) is 0 Å². The zero-order valence-electron chi connectivity index (χ0n) is 18.9. The van der Waals surface area contributed by atoms with Crippen molar-refractivity contribution < 1.29 is 23.8 Å². The summed E-state index contributed by atoms with van der Waals surface area (Å²) < 4.78 is 16.7. The first-order valence-electron chi connectivity index (χ1n) is 10.7. The van der Waals surface area contributed by atoms with Crippen LogP contribution in [0, 0.1) is 23.7 Å². The molecule has 29 heavy (non-hydrogen) atoms. The van der Waals surface area contributed by atoms with E-state index in [0.29, 0.717) is 31.3 Å². The Morgan fingerprint density at radius 2 is 1.45 bits per heavy atom. The number of carbonyl (C=O) groups is 2. The Labute approximate surface area is 176 Å². The van der Waals surface area contributed by atoms with E-state index in [9.17, 15) is 9.59 Å². The monoisotopic (exact) mass is 406 g/mol. The molecule has 1 atom stereocenters. The zero-order chi connectivity index (χ0) is 21.8. The number of benzene rings is 1. The van der Waals surface area contributed by atoms with Gasteiger partial charge in [0.1, 0.15) is 6.61 Å². The van der Waals surface area contributed by atoms with E-state index in [-0.39, 0.29) is 37.0 Å². The van der Waals surface area contributed by atoms with E-state index in [0.717, 1.165) is 5.56 Å². The van der Waals surface area contributed by atoms with Gasteiger partial charge in [0, 0.05) is 12.8 Å². The van der Waals surface area contributed by atoms with Crippen LogP contribution in [0.15, 0.2) is 30.3 Å². The Morgan fingerprint density at radius 3 is 2.00 bits per heavy atom. The molecule has 5 heteroatoms. The first kappa shape index (κ1) is 25.2. The van der Waals surface area contributed by atoms with Gasteiger partial charge in [-0.2, -0.15) is 0 Å². The van der Waals surface area contributed by atoms with Crippen molar-refractivity contribution in [3.8, 4) is 0 Å². The van der Waals surface area contributed by atoms with Gasteiger partial charge in [-0.15, -0.1) is 0 Å². The Morgan fingerprint density at radius 1 is 0.828 bits per heavy atom. The number of hydrogen-bond acceptors (Lipinski definition) is 5. The third-order valence-electron chi connectivity index (χ3n) is 4.83. The molecule has 0 amide bonds. The zero-order valence-corrected chi connectivity index (χ0v) is 18.9. The summed E-state index contributed by atoms with van der Waals surface area (Å²) in [5.41, 5.74) is 1.04. The fourth-order valence-corrected chi connectivity index (χ4v) is 3.24. The molecule has 0 aliphatic rings. The van der Waals surface area contributed by atoms with E-state index in [4.69, 9.17) is 14.2 Å². The Kier molecular flexibility index (Phi) is 11.6. The smallest absolute Gasteiger partial charge is 0.306 e. The lowest BCUT2D eigenvalue weighted by atomic mass is 9.83. The first-order valence-corrected chi connectivity index (χ1v) is 10.7. The van der Waals surface area contributed by atoms with Gasteiger partial charge in [0.15, 0.2) is 6.10 Å². The van der Waals surface area contributed by atoms with Crippen LogP contribution in [0.1, 0.15) is 59.9 Å². The molecule has 0 N–H and O–H groups in total. The van der Waals surface area contributed by atoms with Crippen molar-refractivity contribution in [2.75, 3.05) is 13.2 Å². The van der Waals surface area contributed by atoms with Crippen LogP contribution < -0.4 is 0 Å². The molecule has 1 rings (SSSR count). The van der Waals surface area contributed by atoms with Gasteiger partial charge in [0.25, 0.3) is 0 Å². The molecule has 0 saturated carbocycles. The van der Waals surface area contributed by atoms with Crippen LogP contribution >= 0.6 is 0 Å². The summed E-state index contributed by atoms with van der Waals surface area (Å²) in [6.07, 6.45) is 0.0842. The highest BCUT2D eigenvalue weighted by Crippen LogP contribution is 2.24. The summed E-state index contributed by atoms with van der Waals surface area (Å²) in [5.74, 6) is 0.683. The van der Waals surface area contributed by atoms with Crippen LogP contribution in [0.4, 0.5) is 0 Å². The van der Waals surface area contributed by atoms with Crippen molar-refractivity contribution in [3.05, 3.63) is 35.9 Å². The summed E-state index contributed by atoms with van der Waals surface area (Å²) in [7, 11) is 0. The van der Waals surface area contributed by atoms with Crippen molar-refractivity contribution in [2.24, 2.45) is 23.7 Å². The first-order chi connectivity index (χ1) is 13.7. The third kappa shape index (κ3) is 11.0. The highest BCUT2D eigenvalue weighted by atomic mass is 16.6. The minimum absolute atomic E-state index is 0.0140. The van der Waals surface area contributed by atoms with Crippen LogP contribution in [0.25, 0.3) is 0 Å². The molecule has 0 saturated heterocycles. The minimum atomic E-state index is -0.609. The van der Waals surface area contributed by atoms with E-state index in [2.05, 4.69) is 27.7 Å². The van der Waals surface area contributed by atoms with Crippen LogP contribution in [0.3, 0.4) is 0 Å². The normalized spacial score (nSPS) is 12.6. The van der Waals surface area contributed by atoms with Gasteiger partial charge in [-0.05, 0) is 29.2 Å². The van der Waals surface area contributed by atoms with E-state index >= 15 is 0 Å². The summed E-state index contributed by atoms with van der Waals surface area (Å²) >= 11 is 0. The number of rotatable bonds is 13. The van der Waals surface area contributed by atoms with Crippen molar-refractivity contribution in [2.45, 2.75) is 67.1 Å². The molecular formula is C24H38O5. The fraction of sp³-hybridized carbons (Fsp3) is 0.667. The highest BCUT2D eigenvalue weighted by Gasteiger charge is 2.24. The maximum absolute atomic E-state index is 12.5. The Bertz CT molecular complexity index is 587. The molecule has 1 aromatic rings. The number of hydrogen-bond donors (Lipinski definition) is 0. The van der Waals surface area contributed by atoms with Gasteiger partial charge in [-0.25, -0.2) is 0 Å². The van der Waals surface area contributed by atoms with E-state index in [1.807, 2.05) is 44.2 Å². The second kappa shape index (κ2) is 13.4. The minimum Gasteiger partial charge on any atom is -0.462 e. The lowest BCUT2D eigenvalue weighted by Gasteiger charge is -2.25. The quantitative estimate of drug-likeness (QED) is 0.430. The van der Waals surface area contributed by atoms with Crippen molar-refractivity contribution in [1.29, 1.82) is 0 Å². The molecule has 0 aliphatic heterocycles. The summed E-state index contributed by atoms with van der Waals surface area (Å²) in [6, 6.07) is 9.78. The van der Waals surface area contributed by atoms with Gasteiger partial charge in [-0.3, -0.25) is 9.59 Å². The average molecular weight is 407 g/mol. The second-order valence-corrected chi connectivity index (χ2v) is 8.75.